The number of hydrogen-bond donors (Lipinski definition) is 3. The molecule has 2 atom stereocenters. The van der Waals surface area contributed by atoms with Crippen LogP contribution in [-0.2, 0) is 6.42 Å². The van der Waals surface area contributed by atoms with E-state index >= 15 is 0 Å². The minimum absolute atomic E-state index is 0.0271. The molecule has 2 unspecified atom stereocenters. The molecule has 0 saturated heterocycles. The maximum atomic E-state index is 9.48. The van der Waals surface area contributed by atoms with Crippen LogP contribution in [-0.4, -0.2) is 28.0 Å². The number of hydrogen-bond acceptors (Lipinski definition) is 3. The van der Waals surface area contributed by atoms with E-state index in [0.717, 1.165) is 50.8 Å². The van der Waals surface area contributed by atoms with Gasteiger partial charge >= 0.3 is 0 Å². The van der Waals surface area contributed by atoms with Gasteiger partial charge in [0, 0.05) is 12.6 Å². The molecule has 3 N–H and O–H groups in total. The molecule has 1 aliphatic carbocycles. The zero-order chi connectivity index (χ0) is 20.8. The summed E-state index contributed by atoms with van der Waals surface area (Å²) in [5, 5.41) is 16.1. The minimum atomic E-state index is -0.124. The molecule has 1 aromatic rings. The average molecular weight is 423 g/mol. The van der Waals surface area contributed by atoms with Crippen LogP contribution in [0.3, 0.4) is 0 Å². The largest absolute Gasteiger partial charge is 0.487 e. The van der Waals surface area contributed by atoms with E-state index in [2.05, 4.69) is 44.4 Å². The van der Waals surface area contributed by atoms with Crippen molar-refractivity contribution in [2.45, 2.75) is 72.3 Å². The van der Waals surface area contributed by atoms with Gasteiger partial charge in [-0.1, -0.05) is 52.3 Å². The Labute approximate surface area is 180 Å². The number of aliphatic hydroxyl groups excluding tert-OH is 1. The molecule has 1 saturated carbocycles. The van der Waals surface area contributed by atoms with E-state index in [0.29, 0.717) is 5.17 Å². The maximum absolute atomic E-state index is 9.48. The summed E-state index contributed by atoms with van der Waals surface area (Å²) in [5.74, 6) is 0.841. The molecule has 1 aromatic carbocycles. The molecule has 0 spiro atoms. The predicted molar refractivity (Wildman–Crippen MR) is 124 cm³/mol. The molecule has 0 heterocycles. The fourth-order valence-electron chi connectivity index (χ4n) is 4.64. The van der Waals surface area contributed by atoms with Gasteiger partial charge in [0.05, 0.1) is 0 Å². The molecule has 0 bridgehead atoms. The molecule has 2 rings (SSSR count). The summed E-state index contributed by atoms with van der Waals surface area (Å²) in [5.41, 5.74) is 1.38. The van der Waals surface area contributed by atoms with Crippen LogP contribution in [0.2, 0.25) is 0 Å². The number of unbranched alkanes of at least 4 members (excludes halogenated alkanes) is 1. The number of benzene rings is 1. The van der Waals surface area contributed by atoms with Crippen molar-refractivity contribution >= 4 is 34.8 Å². The molecule has 156 valence electrons. The molecule has 6 heteroatoms. The standard InChI is InChI=1S/C22H34N2O2S2/c1-5-6-9-16-10-7-8-11-18(16)26-20(28)23-15-22(4)13-17(24-19(25)27)12-21(2,3)14-22/h7-8,10-11,17H,5-6,9,12-15H2,1-4H3,(H,23,28)(H2,24,25,27). The molecular weight excluding hydrogens is 388 g/mol. The van der Waals surface area contributed by atoms with Crippen molar-refractivity contribution < 1.29 is 9.84 Å². The van der Waals surface area contributed by atoms with E-state index in [1.54, 1.807) is 0 Å². The lowest BCUT2D eigenvalue weighted by Gasteiger charge is -2.47. The Morgan fingerprint density at radius 2 is 1.93 bits per heavy atom. The zero-order valence-corrected chi connectivity index (χ0v) is 19.1. The van der Waals surface area contributed by atoms with Crippen molar-refractivity contribution in [1.82, 2.24) is 10.6 Å². The first-order valence-corrected chi connectivity index (χ1v) is 11.0. The van der Waals surface area contributed by atoms with Crippen LogP contribution in [0.25, 0.3) is 0 Å². The van der Waals surface area contributed by atoms with Crippen LogP contribution in [0.15, 0.2) is 24.3 Å². The van der Waals surface area contributed by atoms with Crippen LogP contribution in [0.1, 0.15) is 65.4 Å². The van der Waals surface area contributed by atoms with Crippen molar-refractivity contribution in [2.24, 2.45) is 10.8 Å². The van der Waals surface area contributed by atoms with Crippen molar-refractivity contribution in [2.75, 3.05) is 6.54 Å². The van der Waals surface area contributed by atoms with Gasteiger partial charge in [-0.15, -0.1) is 0 Å². The predicted octanol–water partition coefficient (Wildman–Crippen LogP) is 5.30. The molecule has 0 radical (unpaired) electrons. The van der Waals surface area contributed by atoms with Crippen LogP contribution in [0.4, 0.5) is 0 Å². The molecule has 0 aliphatic heterocycles. The van der Waals surface area contributed by atoms with Crippen LogP contribution >= 0.6 is 24.4 Å². The molecular formula is C22H34N2O2S2. The van der Waals surface area contributed by atoms with Crippen molar-refractivity contribution in [1.29, 1.82) is 0 Å². The molecule has 0 amide bonds. The number of rotatable bonds is 7. The maximum Gasteiger partial charge on any atom is 0.262 e. The first-order chi connectivity index (χ1) is 13.1. The van der Waals surface area contributed by atoms with E-state index in [-0.39, 0.29) is 22.0 Å². The summed E-state index contributed by atoms with van der Waals surface area (Å²) in [6, 6.07) is 8.27. The van der Waals surface area contributed by atoms with Gasteiger partial charge in [0.25, 0.3) is 10.3 Å². The Kier molecular flexibility index (Phi) is 8.07. The van der Waals surface area contributed by atoms with Crippen LogP contribution in [0.5, 0.6) is 5.75 Å². The van der Waals surface area contributed by atoms with E-state index in [1.807, 2.05) is 18.2 Å². The first kappa shape index (κ1) is 22.9. The van der Waals surface area contributed by atoms with Crippen molar-refractivity contribution in [3.8, 4) is 5.75 Å². The van der Waals surface area contributed by atoms with Crippen molar-refractivity contribution in [3.63, 3.8) is 0 Å². The normalized spacial score (nSPS) is 23.6. The summed E-state index contributed by atoms with van der Waals surface area (Å²) >= 11 is 10.3. The highest BCUT2D eigenvalue weighted by molar-refractivity contribution is 7.80. The third-order valence-electron chi connectivity index (χ3n) is 5.41. The number of ether oxygens (including phenoxy) is 1. The van der Waals surface area contributed by atoms with Crippen molar-refractivity contribution in [3.05, 3.63) is 29.8 Å². The van der Waals surface area contributed by atoms with Gasteiger partial charge in [-0.2, -0.15) is 0 Å². The van der Waals surface area contributed by atoms with E-state index in [4.69, 9.17) is 29.2 Å². The summed E-state index contributed by atoms with van der Waals surface area (Å²) in [6.45, 7) is 9.70. The molecule has 0 aromatic heterocycles. The fraction of sp³-hybridized carbons (Fsp3) is 0.636. The highest BCUT2D eigenvalue weighted by Crippen LogP contribution is 2.45. The van der Waals surface area contributed by atoms with Gasteiger partial charge in [-0.3, -0.25) is 0 Å². The fourth-order valence-corrected chi connectivity index (χ4v) is 4.97. The summed E-state index contributed by atoms with van der Waals surface area (Å²) in [4.78, 5) is 0. The topological polar surface area (TPSA) is 53.5 Å². The quantitative estimate of drug-likeness (QED) is 0.519. The lowest BCUT2D eigenvalue weighted by molar-refractivity contribution is 0.0785. The lowest BCUT2D eigenvalue weighted by atomic mass is 9.62. The van der Waals surface area contributed by atoms with Gasteiger partial charge in [-0.05, 0) is 79.0 Å². The van der Waals surface area contributed by atoms with Crippen LogP contribution in [0, 0.1) is 10.8 Å². The Balaban J connectivity index is 1.96. The second-order valence-electron chi connectivity index (χ2n) is 9.16. The van der Waals surface area contributed by atoms with E-state index < -0.39 is 0 Å². The Bertz CT molecular complexity index is 693. The smallest absolute Gasteiger partial charge is 0.262 e. The molecule has 1 aliphatic rings. The summed E-state index contributed by atoms with van der Waals surface area (Å²) < 4.78 is 5.97. The molecule has 4 nitrogen and oxygen atoms in total. The van der Waals surface area contributed by atoms with Gasteiger partial charge in [0.15, 0.2) is 0 Å². The third kappa shape index (κ3) is 7.21. The lowest BCUT2D eigenvalue weighted by Crippen LogP contribution is -2.50. The SMILES string of the molecule is CCCCc1ccccc1OC(=S)NCC1(C)CC(NC(O)=S)CC(C)(C)C1. The highest BCUT2D eigenvalue weighted by atomic mass is 32.1. The second kappa shape index (κ2) is 9.88. The van der Waals surface area contributed by atoms with Gasteiger partial charge < -0.3 is 20.5 Å². The number of thiocarbonyl (C=S) groups is 2. The van der Waals surface area contributed by atoms with E-state index in [9.17, 15) is 5.11 Å². The number of para-hydroxylation sites is 1. The summed E-state index contributed by atoms with van der Waals surface area (Å²) in [7, 11) is 0. The monoisotopic (exact) mass is 422 g/mol. The second-order valence-corrected chi connectivity index (χ2v) is 9.92. The van der Waals surface area contributed by atoms with Gasteiger partial charge in [0.1, 0.15) is 5.75 Å². The number of aryl methyl sites for hydroxylation is 1. The Morgan fingerprint density at radius 3 is 2.61 bits per heavy atom. The van der Waals surface area contributed by atoms with Gasteiger partial charge in [0.2, 0.25) is 0 Å². The Morgan fingerprint density at radius 1 is 1.21 bits per heavy atom. The van der Waals surface area contributed by atoms with E-state index in [1.165, 1.54) is 5.56 Å². The minimum Gasteiger partial charge on any atom is -0.487 e. The van der Waals surface area contributed by atoms with Gasteiger partial charge in [-0.25, -0.2) is 0 Å². The average Bonchev–Trinajstić information content (AvgIpc) is 2.57. The zero-order valence-electron chi connectivity index (χ0n) is 17.5. The number of aliphatic hydroxyl groups is 1. The molecule has 1 fully saturated rings. The van der Waals surface area contributed by atoms with Crippen LogP contribution < -0.4 is 15.4 Å². The first-order valence-electron chi connectivity index (χ1n) is 10.2. The Hall–Kier alpha value is -1.40. The molecule has 28 heavy (non-hydrogen) atoms. The number of nitrogens with one attached hydrogen (secondary N) is 2. The third-order valence-corrected chi connectivity index (χ3v) is 5.75. The summed E-state index contributed by atoms with van der Waals surface area (Å²) in [6.07, 6.45) is 6.25. The highest BCUT2D eigenvalue weighted by Gasteiger charge is 2.41.